The van der Waals surface area contributed by atoms with E-state index in [1.165, 1.54) is 12.1 Å². The third-order valence-corrected chi connectivity index (χ3v) is 8.14. The molecule has 0 radical (unpaired) electrons. The Morgan fingerprint density at radius 2 is 1.67 bits per heavy atom. The molecule has 0 bridgehead atoms. The first kappa shape index (κ1) is 29.2. The number of urea groups is 1. The number of amidine groups is 1. The van der Waals surface area contributed by atoms with Crippen LogP contribution in [-0.4, -0.2) is 34.3 Å². The van der Waals surface area contributed by atoms with E-state index >= 15 is 0 Å². The van der Waals surface area contributed by atoms with Crippen LogP contribution in [0.1, 0.15) is 41.6 Å². The van der Waals surface area contributed by atoms with Crippen LogP contribution in [0.5, 0.6) is 0 Å². The van der Waals surface area contributed by atoms with Crippen LogP contribution in [-0.2, 0) is 11.0 Å². The molecule has 3 aromatic carbocycles. The van der Waals surface area contributed by atoms with Gasteiger partial charge >= 0.3 is 12.2 Å². The maximum Gasteiger partial charge on any atom is 0.416 e. The minimum Gasteiger partial charge on any atom is -0.340 e. The second-order valence-electron chi connectivity index (χ2n) is 10.2. The summed E-state index contributed by atoms with van der Waals surface area (Å²) >= 11 is 1.66. The number of hydrogen-bond acceptors (Lipinski definition) is 5. The number of aliphatic imine (C=N–C) groups is 1. The smallest absolute Gasteiger partial charge is 0.340 e. The molecule has 218 valence electrons. The summed E-state index contributed by atoms with van der Waals surface area (Å²) in [5.41, 5.74) is 4.46. The molecule has 1 unspecified atom stereocenters. The van der Waals surface area contributed by atoms with Crippen molar-refractivity contribution in [3.8, 4) is 0 Å². The number of rotatable bonds is 5. The second-order valence-corrected chi connectivity index (χ2v) is 11.3. The summed E-state index contributed by atoms with van der Waals surface area (Å²) in [6.07, 6.45) is -3.57. The molecular formula is C31H30F3N5O2S. The van der Waals surface area contributed by atoms with Gasteiger partial charge in [0.2, 0.25) is 0 Å². The van der Waals surface area contributed by atoms with Crippen molar-refractivity contribution in [3.05, 3.63) is 100 Å². The Morgan fingerprint density at radius 3 is 2.38 bits per heavy atom. The molecule has 2 heterocycles. The molecule has 1 saturated heterocycles. The van der Waals surface area contributed by atoms with E-state index in [9.17, 15) is 22.8 Å². The molecule has 7 nitrogen and oxygen atoms in total. The lowest BCUT2D eigenvalue weighted by Crippen LogP contribution is -2.43. The lowest BCUT2D eigenvalue weighted by Gasteiger charge is -2.41. The number of anilines is 3. The van der Waals surface area contributed by atoms with Crippen LogP contribution < -0.4 is 16.0 Å². The zero-order valence-electron chi connectivity index (χ0n) is 23.3. The molecule has 1 fully saturated rings. The zero-order valence-corrected chi connectivity index (χ0v) is 24.1. The number of thioether (sulfide) groups is 1. The SMILES string of the molecule is CC1=C(C(=O)Nc2ccc(C)cc2C)C(c2ccc(NC(=O)Nc3cccc(C(F)(F)F)c3)cc2)N2CCCSC2=N1. The summed E-state index contributed by atoms with van der Waals surface area (Å²) in [6.45, 7) is 6.54. The van der Waals surface area contributed by atoms with Crippen molar-refractivity contribution in [1.82, 2.24) is 4.90 Å². The number of nitrogens with zero attached hydrogens (tertiary/aromatic N) is 2. The van der Waals surface area contributed by atoms with Crippen molar-refractivity contribution in [3.63, 3.8) is 0 Å². The fourth-order valence-corrected chi connectivity index (χ4v) is 6.08. The van der Waals surface area contributed by atoms with Crippen molar-refractivity contribution >= 4 is 45.9 Å². The van der Waals surface area contributed by atoms with Crippen LogP contribution in [0, 0.1) is 13.8 Å². The quantitative estimate of drug-likeness (QED) is 0.283. The van der Waals surface area contributed by atoms with Crippen molar-refractivity contribution in [2.75, 3.05) is 28.2 Å². The normalized spacial score (nSPS) is 16.9. The molecule has 3 N–H and O–H groups in total. The summed E-state index contributed by atoms with van der Waals surface area (Å²) in [4.78, 5) is 33.2. The van der Waals surface area contributed by atoms with Crippen LogP contribution >= 0.6 is 11.8 Å². The third kappa shape index (κ3) is 6.46. The highest BCUT2D eigenvalue weighted by Gasteiger charge is 2.37. The van der Waals surface area contributed by atoms with Gasteiger partial charge in [-0.15, -0.1) is 0 Å². The summed E-state index contributed by atoms with van der Waals surface area (Å²) in [5, 5.41) is 9.04. The average molecular weight is 594 g/mol. The van der Waals surface area contributed by atoms with E-state index in [0.29, 0.717) is 17.0 Å². The lowest BCUT2D eigenvalue weighted by atomic mass is 9.93. The first-order valence-corrected chi connectivity index (χ1v) is 14.4. The molecule has 42 heavy (non-hydrogen) atoms. The largest absolute Gasteiger partial charge is 0.416 e. The number of allylic oxidation sites excluding steroid dienone is 1. The Kier molecular flexibility index (Phi) is 8.31. The predicted molar refractivity (Wildman–Crippen MR) is 162 cm³/mol. The van der Waals surface area contributed by atoms with Crippen molar-refractivity contribution < 1.29 is 22.8 Å². The van der Waals surface area contributed by atoms with Gasteiger partial charge in [0.25, 0.3) is 5.91 Å². The van der Waals surface area contributed by atoms with Gasteiger partial charge in [-0.05, 0) is 74.7 Å². The fourth-order valence-electron chi connectivity index (χ4n) is 5.06. The molecule has 0 saturated carbocycles. The van der Waals surface area contributed by atoms with Gasteiger partial charge in [-0.1, -0.05) is 47.7 Å². The topological polar surface area (TPSA) is 85.8 Å². The standard InChI is InChI=1S/C31H30F3N5O2S/c1-18-8-13-25(19(2)16-18)38-28(40)26-20(3)35-30-39(14-5-15-42-30)27(26)21-9-11-23(12-10-21)36-29(41)37-24-7-4-6-22(17-24)31(32,33)34/h4,6-13,16-17,27H,5,14-15H2,1-3H3,(H,38,40)(H2,36,37,41). The van der Waals surface area contributed by atoms with Crippen molar-refractivity contribution in [1.29, 1.82) is 0 Å². The van der Waals surface area contributed by atoms with Gasteiger partial charge in [0, 0.05) is 29.4 Å². The molecular weight excluding hydrogens is 563 g/mol. The van der Waals surface area contributed by atoms with E-state index < -0.39 is 17.8 Å². The van der Waals surface area contributed by atoms with Gasteiger partial charge in [0.05, 0.1) is 22.9 Å². The summed E-state index contributed by atoms with van der Waals surface area (Å²) in [7, 11) is 0. The number of fused-ring (bicyclic) bond motifs is 1. The van der Waals surface area contributed by atoms with E-state index in [0.717, 1.165) is 58.4 Å². The van der Waals surface area contributed by atoms with Crippen LogP contribution in [0.2, 0.25) is 0 Å². The first-order valence-electron chi connectivity index (χ1n) is 13.4. The summed E-state index contributed by atoms with van der Waals surface area (Å²) in [5.74, 6) is 0.717. The number of alkyl halides is 3. The molecule has 0 aromatic heterocycles. The molecule has 11 heteroatoms. The van der Waals surface area contributed by atoms with Gasteiger partial charge in [-0.2, -0.15) is 13.2 Å². The van der Waals surface area contributed by atoms with E-state index in [-0.39, 0.29) is 17.6 Å². The van der Waals surface area contributed by atoms with E-state index in [1.54, 1.807) is 23.9 Å². The highest BCUT2D eigenvalue weighted by atomic mass is 32.2. The molecule has 3 amide bonds. The monoisotopic (exact) mass is 593 g/mol. The molecule has 0 spiro atoms. The Morgan fingerprint density at radius 1 is 0.929 bits per heavy atom. The minimum absolute atomic E-state index is 0.0237. The van der Waals surface area contributed by atoms with E-state index in [2.05, 4.69) is 20.9 Å². The molecule has 0 aliphatic carbocycles. The van der Waals surface area contributed by atoms with Gasteiger partial charge < -0.3 is 20.9 Å². The lowest BCUT2D eigenvalue weighted by molar-refractivity contribution is -0.137. The maximum atomic E-state index is 13.7. The van der Waals surface area contributed by atoms with Gasteiger partial charge in [0.15, 0.2) is 5.17 Å². The van der Waals surface area contributed by atoms with Gasteiger partial charge in [0.1, 0.15) is 0 Å². The van der Waals surface area contributed by atoms with E-state index in [1.807, 2.05) is 51.1 Å². The predicted octanol–water partition coefficient (Wildman–Crippen LogP) is 7.73. The third-order valence-electron chi connectivity index (χ3n) is 7.07. The van der Waals surface area contributed by atoms with Crippen molar-refractivity contribution in [2.24, 2.45) is 4.99 Å². The number of halogens is 3. The molecule has 5 rings (SSSR count). The van der Waals surface area contributed by atoms with Gasteiger partial charge in [-0.25, -0.2) is 9.79 Å². The first-order chi connectivity index (χ1) is 20.0. The summed E-state index contributed by atoms with van der Waals surface area (Å²) < 4.78 is 39.1. The van der Waals surface area contributed by atoms with Crippen molar-refractivity contribution in [2.45, 2.75) is 39.4 Å². The van der Waals surface area contributed by atoms with Crippen LogP contribution in [0.15, 0.2) is 83.0 Å². The number of carbonyl (C=O) groups excluding carboxylic acids is 2. The Hall–Kier alpha value is -4.25. The zero-order chi connectivity index (χ0) is 30.0. The van der Waals surface area contributed by atoms with Gasteiger partial charge in [-0.3, -0.25) is 4.79 Å². The molecule has 2 aliphatic heterocycles. The number of nitrogens with one attached hydrogen (secondary N) is 3. The average Bonchev–Trinajstić information content (AvgIpc) is 2.94. The van der Waals surface area contributed by atoms with Crippen LogP contribution in [0.25, 0.3) is 0 Å². The highest BCUT2D eigenvalue weighted by molar-refractivity contribution is 8.13. The van der Waals surface area contributed by atoms with E-state index in [4.69, 9.17) is 4.99 Å². The number of carbonyl (C=O) groups is 2. The molecule has 2 aliphatic rings. The van der Waals surface area contributed by atoms with Crippen LogP contribution in [0.3, 0.4) is 0 Å². The Bertz CT molecular complexity index is 1580. The Balaban J connectivity index is 1.37. The molecule has 1 atom stereocenters. The highest BCUT2D eigenvalue weighted by Crippen LogP contribution is 2.40. The molecule has 3 aromatic rings. The second kappa shape index (κ2) is 11.9. The summed E-state index contributed by atoms with van der Waals surface area (Å²) in [6, 6.07) is 16.3. The minimum atomic E-state index is -4.51. The number of aryl methyl sites for hydroxylation is 2. The van der Waals surface area contributed by atoms with Crippen LogP contribution in [0.4, 0.5) is 35.0 Å². The number of amides is 3. The number of hydrogen-bond donors (Lipinski definition) is 3. The Labute approximate surface area is 246 Å². The number of benzene rings is 3. The fraction of sp³-hybridized carbons (Fsp3) is 0.258. The maximum absolute atomic E-state index is 13.7.